The van der Waals surface area contributed by atoms with Crippen molar-refractivity contribution in [1.29, 1.82) is 0 Å². The van der Waals surface area contributed by atoms with E-state index in [2.05, 4.69) is 26.2 Å². The van der Waals surface area contributed by atoms with Gasteiger partial charge in [0.1, 0.15) is 0 Å². The van der Waals surface area contributed by atoms with Gasteiger partial charge in [-0.15, -0.1) is 0 Å². The van der Waals surface area contributed by atoms with Crippen molar-refractivity contribution in [1.82, 2.24) is 5.43 Å². The maximum atomic E-state index is 5.78. The molecule has 0 heterocycles. The first-order chi connectivity index (χ1) is 7.58. The van der Waals surface area contributed by atoms with E-state index in [0.29, 0.717) is 11.5 Å². The first-order valence-corrected chi connectivity index (χ1v) is 7.04. The third kappa shape index (κ3) is 2.43. The van der Waals surface area contributed by atoms with Crippen molar-refractivity contribution in [2.24, 2.45) is 29.0 Å². The standard InChI is InChI=1S/C14H28N2/c1-4-10-5-7-11(8-6-10)13(16-15)12-9-14(12,2)3/h10-13,16H,4-9,15H2,1-3H3. The summed E-state index contributed by atoms with van der Waals surface area (Å²) in [5, 5.41) is 0. The average Bonchev–Trinajstić information content (AvgIpc) is 2.90. The molecular formula is C14H28N2. The summed E-state index contributed by atoms with van der Waals surface area (Å²) in [6.07, 6.45) is 8.34. The Kier molecular flexibility index (Phi) is 3.60. The van der Waals surface area contributed by atoms with Gasteiger partial charge in [0.15, 0.2) is 0 Å². The molecule has 0 aromatic heterocycles. The number of hydrogen-bond acceptors (Lipinski definition) is 2. The molecule has 2 aliphatic rings. The van der Waals surface area contributed by atoms with Crippen LogP contribution in [0.1, 0.15) is 59.3 Å². The summed E-state index contributed by atoms with van der Waals surface area (Å²) in [6, 6.07) is 0.577. The SMILES string of the molecule is CCC1CCC(C(NN)C2CC2(C)C)CC1. The van der Waals surface area contributed by atoms with Gasteiger partial charge in [-0.3, -0.25) is 11.3 Å². The molecule has 16 heavy (non-hydrogen) atoms. The van der Waals surface area contributed by atoms with Crippen LogP contribution in [0.15, 0.2) is 0 Å². The van der Waals surface area contributed by atoms with E-state index in [0.717, 1.165) is 17.8 Å². The predicted molar refractivity (Wildman–Crippen MR) is 68.7 cm³/mol. The quantitative estimate of drug-likeness (QED) is 0.569. The molecule has 2 unspecified atom stereocenters. The molecule has 94 valence electrons. The molecule has 2 saturated carbocycles. The molecule has 2 nitrogen and oxygen atoms in total. The van der Waals surface area contributed by atoms with E-state index in [9.17, 15) is 0 Å². The lowest BCUT2D eigenvalue weighted by Crippen LogP contribution is -2.44. The monoisotopic (exact) mass is 224 g/mol. The van der Waals surface area contributed by atoms with E-state index in [-0.39, 0.29) is 0 Å². The second-order valence-electron chi connectivity index (χ2n) is 6.68. The van der Waals surface area contributed by atoms with E-state index < -0.39 is 0 Å². The van der Waals surface area contributed by atoms with Gasteiger partial charge in [0.05, 0.1) is 0 Å². The lowest BCUT2D eigenvalue weighted by Gasteiger charge is -2.34. The van der Waals surface area contributed by atoms with Crippen molar-refractivity contribution < 1.29 is 0 Å². The number of nitrogens with one attached hydrogen (secondary N) is 1. The normalized spacial score (nSPS) is 39.4. The van der Waals surface area contributed by atoms with Gasteiger partial charge in [-0.25, -0.2) is 0 Å². The molecule has 0 saturated heterocycles. The maximum Gasteiger partial charge on any atom is 0.0272 e. The van der Waals surface area contributed by atoms with Gasteiger partial charge >= 0.3 is 0 Å². The maximum absolute atomic E-state index is 5.78. The van der Waals surface area contributed by atoms with Crippen LogP contribution in [0.25, 0.3) is 0 Å². The minimum Gasteiger partial charge on any atom is -0.271 e. The molecule has 2 rings (SSSR count). The van der Waals surface area contributed by atoms with Crippen molar-refractivity contribution in [2.45, 2.75) is 65.3 Å². The molecule has 3 N–H and O–H groups in total. The fourth-order valence-electron chi connectivity index (χ4n) is 3.66. The van der Waals surface area contributed by atoms with Crippen LogP contribution in [0.2, 0.25) is 0 Å². The van der Waals surface area contributed by atoms with Crippen molar-refractivity contribution in [2.75, 3.05) is 0 Å². The van der Waals surface area contributed by atoms with E-state index in [1.165, 1.54) is 38.5 Å². The Morgan fingerprint density at radius 3 is 2.19 bits per heavy atom. The summed E-state index contributed by atoms with van der Waals surface area (Å²) >= 11 is 0. The molecule has 0 aromatic carbocycles. The third-order valence-electron chi connectivity index (χ3n) is 5.19. The topological polar surface area (TPSA) is 38.0 Å². The zero-order chi connectivity index (χ0) is 11.8. The second kappa shape index (κ2) is 4.66. The summed E-state index contributed by atoms with van der Waals surface area (Å²) < 4.78 is 0. The third-order valence-corrected chi connectivity index (χ3v) is 5.19. The summed E-state index contributed by atoms with van der Waals surface area (Å²) in [4.78, 5) is 0. The van der Waals surface area contributed by atoms with Crippen molar-refractivity contribution in [3.63, 3.8) is 0 Å². The Balaban J connectivity index is 1.87. The Labute approximate surface area is 100 Å². The molecule has 0 aliphatic heterocycles. The zero-order valence-electron chi connectivity index (χ0n) is 11.1. The molecule has 0 amide bonds. The van der Waals surface area contributed by atoms with Crippen LogP contribution in [-0.4, -0.2) is 6.04 Å². The Hall–Kier alpha value is -0.0800. The van der Waals surface area contributed by atoms with E-state index in [4.69, 9.17) is 5.84 Å². The van der Waals surface area contributed by atoms with E-state index in [1.54, 1.807) is 0 Å². The van der Waals surface area contributed by atoms with Gasteiger partial charge in [0.2, 0.25) is 0 Å². The van der Waals surface area contributed by atoms with Crippen LogP contribution >= 0.6 is 0 Å². The molecule has 0 aromatic rings. The van der Waals surface area contributed by atoms with Crippen LogP contribution < -0.4 is 11.3 Å². The van der Waals surface area contributed by atoms with Gasteiger partial charge in [0, 0.05) is 6.04 Å². The lowest BCUT2D eigenvalue weighted by molar-refractivity contribution is 0.194. The lowest BCUT2D eigenvalue weighted by atomic mass is 9.76. The fourth-order valence-corrected chi connectivity index (χ4v) is 3.66. The second-order valence-corrected chi connectivity index (χ2v) is 6.68. The molecule has 2 fully saturated rings. The smallest absolute Gasteiger partial charge is 0.0272 e. The van der Waals surface area contributed by atoms with E-state index >= 15 is 0 Å². The van der Waals surface area contributed by atoms with Gasteiger partial charge in [-0.1, -0.05) is 40.0 Å². The molecule has 2 atom stereocenters. The molecule has 0 spiro atoms. The Morgan fingerprint density at radius 1 is 1.25 bits per heavy atom. The summed E-state index contributed by atoms with van der Waals surface area (Å²) in [6.45, 7) is 7.08. The van der Waals surface area contributed by atoms with Gasteiger partial charge in [-0.05, 0) is 42.4 Å². The summed E-state index contributed by atoms with van der Waals surface area (Å²) in [7, 11) is 0. The molecule has 2 heteroatoms. The molecule has 0 radical (unpaired) electrons. The van der Waals surface area contributed by atoms with Crippen LogP contribution in [0.5, 0.6) is 0 Å². The summed E-state index contributed by atoms with van der Waals surface area (Å²) in [5.74, 6) is 8.42. The van der Waals surface area contributed by atoms with Crippen molar-refractivity contribution in [3.8, 4) is 0 Å². The fraction of sp³-hybridized carbons (Fsp3) is 1.00. The van der Waals surface area contributed by atoms with E-state index in [1.807, 2.05) is 0 Å². The Morgan fingerprint density at radius 2 is 1.81 bits per heavy atom. The molecule has 2 aliphatic carbocycles. The number of hydrazine groups is 1. The van der Waals surface area contributed by atoms with Gasteiger partial charge in [-0.2, -0.15) is 0 Å². The van der Waals surface area contributed by atoms with Crippen LogP contribution in [0.4, 0.5) is 0 Å². The highest BCUT2D eigenvalue weighted by atomic mass is 15.2. The Bertz CT molecular complexity index is 229. The first-order valence-electron chi connectivity index (χ1n) is 7.04. The number of hydrogen-bond donors (Lipinski definition) is 2. The summed E-state index contributed by atoms with van der Waals surface area (Å²) in [5.41, 5.74) is 3.66. The predicted octanol–water partition coefficient (Wildman–Crippen LogP) is 3.08. The zero-order valence-corrected chi connectivity index (χ0v) is 11.1. The minimum absolute atomic E-state index is 0.540. The van der Waals surface area contributed by atoms with Crippen molar-refractivity contribution >= 4 is 0 Å². The highest BCUT2D eigenvalue weighted by molar-refractivity contribution is 5.03. The highest BCUT2D eigenvalue weighted by Crippen LogP contribution is 2.55. The van der Waals surface area contributed by atoms with Gasteiger partial charge < -0.3 is 0 Å². The van der Waals surface area contributed by atoms with Crippen LogP contribution in [0.3, 0.4) is 0 Å². The molecule has 0 bridgehead atoms. The number of rotatable bonds is 4. The largest absolute Gasteiger partial charge is 0.271 e. The van der Waals surface area contributed by atoms with Gasteiger partial charge in [0.25, 0.3) is 0 Å². The first kappa shape index (κ1) is 12.4. The van der Waals surface area contributed by atoms with Crippen LogP contribution in [0, 0.1) is 23.2 Å². The number of nitrogens with two attached hydrogens (primary N) is 1. The minimum atomic E-state index is 0.540. The average molecular weight is 224 g/mol. The highest BCUT2D eigenvalue weighted by Gasteiger charge is 2.51. The molecular weight excluding hydrogens is 196 g/mol. The van der Waals surface area contributed by atoms with Crippen LogP contribution in [-0.2, 0) is 0 Å². The van der Waals surface area contributed by atoms with Crippen molar-refractivity contribution in [3.05, 3.63) is 0 Å².